The monoisotopic (exact) mass is 494 g/mol. The highest BCUT2D eigenvalue weighted by atomic mass is 32.2. The number of rotatable bonds is 9. The molecule has 35 heavy (non-hydrogen) atoms. The van der Waals surface area contributed by atoms with Crippen LogP contribution >= 0.6 is 11.8 Å². The van der Waals surface area contributed by atoms with Gasteiger partial charge in [-0.1, -0.05) is 60.7 Å². The Labute approximate surface area is 209 Å². The second-order valence-corrected chi connectivity index (χ2v) is 9.84. The van der Waals surface area contributed by atoms with Gasteiger partial charge in [-0.3, -0.25) is 4.79 Å². The zero-order valence-corrected chi connectivity index (χ0v) is 20.4. The molecule has 2 aliphatic carbocycles. The normalized spacial score (nSPS) is 19.3. The fourth-order valence-corrected chi connectivity index (χ4v) is 5.26. The van der Waals surface area contributed by atoms with E-state index in [1.807, 2.05) is 42.7 Å². The van der Waals surface area contributed by atoms with E-state index in [0.717, 1.165) is 11.1 Å². The van der Waals surface area contributed by atoms with Crippen molar-refractivity contribution in [3.63, 3.8) is 0 Å². The van der Waals surface area contributed by atoms with Crippen LogP contribution in [0.15, 0.2) is 60.7 Å². The molecule has 0 spiro atoms. The molecule has 0 bridgehead atoms. The van der Waals surface area contributed by atoms with Gasteiger partial charge in [-0.2, -0.15) is 11.8 Å². The zero-order chi connectivity index (χ0) is 24.8. The number of hydrogen-bond donors (Lipinski definition) is 3. The second-order valence-electron chi connectivity index (χ2n) is 8.85. The van der Waals surface area contributed by atoms with Crippen molar-refractivity contribution < 1.29 is 24.2 Å². The number of amides is 2. The van der Waals surface area contributed by atoms with Gasteiger partial charge in [-0.15, -0.1) is 0 Å². The minimum Gasteiger partial charge on any atom is -0.480 e. The van der Waals surface area contributed by atoms with Crippen molar-refractivity contribution in [2.24, 2.45) is 5.92 Å². The average Bonchev–Trinajstić information content (AvgIpc) is 3.19. The molecule has 0 aromatic heterocycles. The maximum Gasteiger partial charge on any atom is 0.407 e. The molecule has 2 aromatic carbocycles. The van der Waals surface area contributed by atoms with Crippen molar-refractivity contribution >= 4 is 29.7 Å². The molecular weight excluding hydrogens is 464 g/mol. The van der Waals surface area contributed by atoms with Crippen LogP contribution in [0.3, 0.4) is 0 Å². The summed E-state index contributed by atoms with van der Waals surface area (Å²) in [4.78, 5) is 36.7. The molecule has 3 N–H and O–H groups in total. The van der Waals surface area contributed by atoms with Gasteiger partial charge in [0, 0.05) is 11.8 Å². The highest BCUT2D eigenvalue weighted by Gasteiger charge is 2.31. The fourth-order valence-electron chi connectivity index (χ4n) is 4.78. The highest BCUT2D eigenvalue weighted by molar-refractivity contribution is 7.98. The van der Waals surface area contributed by atoms with E-state index in [9.17, 15) is 19.5 Å². The van der Waals surface area contributed by atoms with Crippen LogP contribution in [-0.2, 0) is 14.3 Å². The summed E-state index contributed by atoms with van der Waals surface area (Å²) in [5.41, 5.74) is 4.62. The number of carbonyl (C=O) groups excluding carboxylic acids is 2. The molecule has 0 saturated carbocycles. The lowest BCUT2D eigenvalue weighted by Crippen LogP contribution is -2.46. The van der Waals surface area contributed by atoms with Crippen LogP contribution < -0.4 is 10.6 Å². The van der Waals surface area contributed by atoms with E-state index < -0.39 is 24.0 Å². The minimum absolute atomic E-state index is 0.0252. The van der Waals surface area contributed by atoms with Crippen LogP contribution in [-0.4, -0.2) is 53.8 Å². The standard InChI is InChI=1S/C27H30N2O5S/c1-35-14-13-24(26(31)32)29-25(30)17-7-6-8-18(15-17)28-27(33)34-16-23-21-11-4-2-9-19(21)20-10-3-5-12-22(20)23/h2-6,8-12,17-18,23-24H,7,13-16H2,1H3,(H,28,33)(H,29,30)(H,31,32)/t17?,18?,24-/m1/s1. The first-order valence-electron chi connectivity index (χ1n) is 11.8. The van der Waals surface area contributed by atoms with Crippen LogP contribution in [0.25, 0.3) is 11.1 Å². The van der Waals surface area contributed by atoms with Gasteiger partial charge in [0.15, 0.2) is 0 Å². The summed E-state index contributed by atoms with van der Waals surface area (Å²) in [5.74, 6) is -1.12. The Morgan fingerprint density at radius 2 is 1.74 bits per heavy atom. The highest BCUT2D eigenvalue weighted by Crippen LogP contribution is 2.44. The molecule has 0 aliphatic heterocycles. The van der Waals surface area contributed by atoms with Crippen LogP contribution in [0.4, 0.5) is 4.79 Å². The zero-order valence-electron chi connectivity index (χ0n) is 19.6. The smallest absolute Gasteiger partial charge is 0.407 e. The number of alkyl carbamates (subject to hydrolysis) is 1. The molecule has 4 rings (SSSR count). The maximum atomic E-state index is 12.7. The van der Waals surface area contributed by atoms with Crippen LogP contribution in [0.5, 0.6) is 0 Å². The molecular formula is C27H30N2O5S. The molecule has 0 fully saturated rings. The summed E-state index contributed by atoms with van der Waals surface area (Å²) in [6, 6.07) is 15.0. The summed E-state index contributed by atoms with van der Waals surface area (Å²) in [7, 11) is 0. The lowest BCUT2D eigenvalue weighted by molar-refractivity contribution is -0.142. The number of benzene rings is 2. The van der Waals surface area contributed by atoms with Gasteiger partial charge >= 0.3 is 12.1 Å². The number of nitrogens with one attached hydrogen (secondary N) is 2. The number of carboxylic acids is 1. The number of allylic oxidation sites excluding steroid dienone is 1. The van der Waals surface area contributed by atoms with Gasteiger partial charge in [-0.05, 0) is 53.5 Å². The molecule has 2 aliphatic rings. The molecule has 0 heterocycles. The quantitative estimate of drug-likeness (QED) is 0.452. The molecule has 0 saturated heterocycles. The first kappa shape index (κ1) is 24.9. The molecule has 7 nitrogen and oxygen atoms in total. The number of aliphatic carboxylic acids is 1. The van der Waals surface area contributed by atoms with E-state index in [1.54, 1.807) is 0 Å². The molecule has 8 heteroatoms. The third-order valence-electron chi connectivity index (χ3n) is 6.57. The number of carboxylic acid groups (broad SMARTS) is 1. The second kappa shape index (κ2) is 11.4. The van der Waals surface area contributed by atoms with Crippen molar-refractivity contribution in [2.45, 2.75) is 37.3 Å². The van der Waals surface area contributed by atoms with Crippen LogP contribution in [0.2, 0.25) is 0 Å². The van der Waals surface area contributed by atoms with Crippen molar-refractivity contribution in [1.29, 1.82) is 0 Å². The van der Waals surface area contributed by atoms with E-state index in [-0.39, 0.29) is 24.5 Å². The Bertz CT molecular complexity index is 1070. The Kier molecular flexibility index (Phi) is 8.13. The van der Waals surface area contributed by atoms with Gasteiger partial charge in [0.05, 0.1) is 6.04 Å². The maximum absolute atomic E-state index is 12.7. The van der Waals surface area contributed by atoms with Gasteiger partial charge in [-0.25, -0.2) is 9.59 Å². The Morgan fingerprint density at radius 3 is 2.37 bits per heavy atom. The lowest BCUT2D eigenvalue weighted by Gasteiger charge is -2.26. The molecule has 0 radical (unpaired) electrons. The number of carbonyl (C=O) groups is 3. The summed E-state index contributed by atoms with van der Waals surface area (Å²) in [6.45, 7) is 0.218. The predicted octanol–water partition coefficient (Wildman–Crippen LogP) is 4.18. The number of fused-ring (bicyclic) bond motifs is 3. The van der Waals surface area contributed by atoms with E-state index in [4.69, 9.17) is 4.74 Å². The third kappa shape index (κ3) is 5.88. The van der Waals surface area contributed by atoms with Gasteiger partial charge < -0.3 is 20.5 Å². The van der Waals surface area contributed by atoms with Crippen LogP contribution in [0, 0.1) is 5.92 Å². The summed E-state index contributed by atoms with van der Waals surface area (Å²) in [5, 5.41) is 14.9. The minimum atomic E-state index is -1.04. The van der Waals surface area contributed by atoms with Crippen molar-refractivity contribution in [1.82, 2.24) is 10.6 Å². The van der Waals surface area contributed by atoms with Crippen molar-refractivity contribution in [2.75, 3.05) is 18.6 Å². The number of ether oxygens (including phenoxy) is 1. The van der Waals surface area contributed by atoms with E-state index in [1.165, 1.54) is 22.9 Å². The Hall–Kier alpha value is -3.26. The SMILES string of the molecule is CSCC[C@@H](NC(=O)C1CC=CC(NC(=O)OCC2c3ccccc3-c3ccccc32)C1)C(=O)O. The summed E-state index contributed by atoms with van der Waals surface area (Å²) in [6.07, 6.45) is 6.32. The van der Waals surface area contributed by atoms with E-state index in [2.05, 4.69) is 34.9 Å². The van der Waals surface area contributed by atoms with Crippen molar-refractivity contribution in [3.05, 3.63) is 71.8 Å². The molecule has 184 valence electrons. The first-order chi connectivity index (χ1) is 17.0. The lowest BCUT2D eigenvalue weighted by atomic mass is 9.90. The van der Waals surface area contributed by atoms with Gasteiger partial charge in [0.1, 0.15) is 12.6 Å². The van der Waals surface area contributed by atoms with E-state index >= 15 is 0 Å². The number of thioether (sulfide) groups is 1. The fraction of sp³-hybridized carbons (Fsp3) is 0.370. The molecule has 3 atom stereocenters. The van der Waals surface area contributed by atoms with Crippen LogP contribution in [0.1, 0.15) is 36.3 Å². The predicted molar refractivity (Wildman–Crippen MR) is 136 cm³/mol. The number of hydrogen-bond acceptors (Lipinski definition) is 5. The van der Waals surface area contributed by atoms with Gasteiger partial charge in [0.25, 0.3) is 0 Å². The topological polar surface area (TPSA) is 105 Å². The average molecular weight is 495 g/mol. The largest absolute Gasteiger partial charge is 0.480 e. The Balaban J connectivity index is 1.31. The molecule has 2 aromatic rings. The Morgan fingerprint density at radius 1 is 1.09 bits per heavy atom. The van der Waals surface area contributed by atoms with Gasteiger partial charge in [0.2, 0.25) is 5.91 Å². The summed E-state index contributed by atoms with van der Waals surface area (Å²) < 4.78 is 5.61. The molecule has 2 amide bonds. The van der Waals surface area contributed by atoms with Crippen molar-refractivity contribution in [3.8, 4) is 11.1 Å². The van der Waals surface area contributed by atoms with E-state index in [0.29, 0.717) is 25.0 Å². The summed E-state index contributed by atoms with van der Waals surface area (Å²) >= 11 is 1.54. The first-order valence-corrected chi connectivity index (χ1v) is 13.2. The molecule has 2 unspecified atom stereocenters. The third-order valence-corrected chi connectivity index (χ3v) is 7.21.